The molecule has 0 fully saturated rings. The molecule has 0 aliphatic carbocycles. The number of hydrogen-bond acceptors (Lipinski definition) is 3. The van der Waals surface area contributed by atoms with Gasteiger partial charge in [0, 0.05) is 11.6 Å². The van der Waals surface area contributed by atoms with Crippen LogP contribution >= 0.6 is 0 Å². The molecule has 0 radical (unpaired) electrons. The molecular weight excluding hydrogens is 242 g/mol. The highest BCUT2D eigenvalue weighted by Crippen LogP contribution is 2.14. The largest absolute Gasteiger partial charge is 0.349 e. The Morgan fingerprint density at radius 2 is 2.33 bits per heavy atom. The number of hydrogen-bond donors (Lipinski definition) is 1. The molecule has 96 valence electrons. The summed E-state index contributed by atoms with van der Waals surface area (Å²) in [5.41, 5.74) is 1.32. The maximum atomic E-state index is 11.9. The molecule has 0 aliphatic heterocycles. The van der Waals surface area contributed by atoms with E-state index in [0.29, 0.717) is 5.65 Å². The van der Waals surface area contributed by atoms with Crippen LogP contribution in [0.4, 0.5) is 8.78 Å². The Kier molecular flexibility index (Phi) is 3.50. The lowest BCUT2D eigenvalue weighted by atomic mass is 10.3. The maximum Gasteiger partial charge on any atom is 0.255 e. The van der Waals surface area contributed by atoms with Crippen molar-refractivity contribution in [3.63, 3.8) is 0 Å². The van der Waals surface area contributed by atoms with Crippen LogP contribution in [0.5, 0.6) is 0 Å². The van der Waals surface area contributed by atoms with Crippen molar-refractivity contribution in [3.8, 4) is 0 Å². The number of halogens is 2. The number of aromatic nitrogens is 3. The van der Waals surface area contributed by atoms with Crippen molar-refractivity contribution in [2.24, 2.45) is 0 Å². The van der Waals surface area contributed by atoms with E-state index in [0.717, 1.165) is 11.1 Å². The number of alkyl halides is 2. The monoisotopic (exact) mass is 254 g/mol. The van der Waals surface area contributed by atoms with Crippen LogP contribution in [0.1, 0.15) is 5.69 Å². The van der Waals surface area contributed by atoms with Crippen LogP contribution in [-0.2, 0) is 11.3 Å². The van der Waals surface area contributed by atoms with Crippen LogP contribution in [0.2, 0.25) is 0 Å². The molecule has 2 rings (SSSR count). The van der Waals surface area contributed by atoms with Crippen LogP contribution < -0.4 is 5.32 Å². The normalized spacial score (nSPS) is 11.1. The topological polar surface area (TPSA) is 59.8 Å². The highest BCUT2D eigenvalue weighted by Gasteiger charge is 2.12. The van der Waals surface area contributed by atoms with Crippen molar-refractivity contribution >= 4 is 16.9 Å². The van der Waals surface area contributed by atoms with Gasteiger partial charge in [-0.3, -0.25) is 4.79 Å². The van der Waals surface area contributed by atoms with E-state index in [4.69, 9.17) is 0 Å². The lowest BCUT2D eigenvalue weighted by molar-refractivity contribution is -0.122. The molecule has 18 heavy (non-hydrogen) atoms. The molecule has 2 heterocycles. The molecule has 0 aliphatic rings. The summed E-state index contributed by atoms with van der Waals surface area (Å²) >= 11 is 0. The zero-order chi connectivity index (χ0) is 13.1. The zero-order valence-electron chi connectivity index (χ0n) is 9.73. The molecule has 5 nitrogen and oxygen atoms in total. The van der Waals surface area contributed by atoms with Crippen LogP contribution in [-0.4, -0.2) is 33.6 Å². The highest BCUT2D eigenvalue weighted by molar-refractivity contribution is 5.81. The van der Waals surface area contributed by atoms with Gasteiger partial charge in [0.05, 0.1) is 12.2 Å². The standard InChI is InChI=1S/C11H12F2N4O/c1-7-8-3-2-4-14-11(8)17(16-7)6-10(18)15-5-9(12)13/h2-4,9H,5-6H2,1H3,(H,15,18). The van der Waals surface area contributed by atoms with Gasteiger partial charge in [-0.15, -0.1) is 0 Å². The molecule has 0 unspecified atom stereocenters. The molecule has 0 bridgehead atoms. The van der Waals surface area contributed by atoms with Crippen LogP contribution in [0.3, 0.4) is 0 Å². The summed E-state index contributed by atoms with van der Waals surface area (Å²) in [7, 11) is 0. The van der Waals surface area contributed by atoms with Crippen molar-refractivity contribution in [3.05, 3.63) is 24.0 Å². The van der Waals surface area contributed by atoms with Gasteiger partial charge in [0.1, 0.15) is 6.54 Å². The Labute approximate surface area is 102 Å². The first kappa shape index (κ1) is 12.4. The van der Waals surface area contributed by atoms with Gasteiger partial charge in [-0.2, -0.15) is 5.10 Å². The third-order valence-electron chi connectivity index (χ3n) is 2.44. The van der Waals surface area contributed by atoms with E-state index >= 15 is 0 Å². The van der Waals surface area contributed by atoms with Crippen molar-refractivity contribution < 1.29 is 13.6 Å². The van der Waals surface area contributed by atoms with E-state index in [1.165, 1.54) is 4.68 Å². The third-order valence-corrected chi connectivity index (χ3v) is 2.44. The molecule has 1 N–H and O–H groups in total. The lowest BCUT2D eigenvalue weighted by Crippen LogP contribution is -2.31. The number of rotatable bonds is 4. The minimum Gasteiger partial charge on any atom is -0.349 e. The first-order valence-electron chi connectivity index (χ1n) is 5.41. The number of nitrogens with zero attached hydrogens (tertiary/aromatic N) is 3. The lowest BCUT2D eigenvalue weighted by Gasteiger charge is -2.04. The van der Waals surface area contributed by atoms with Crippen molar-refractivity contribution in [1.82, 2.24) is 20.1 Å². The fourth-order valence-electron chi connectivity index (χ4n) is 1.66. The Morgan fingerprint density at radius 3 is 3.06 bits per heavy atom. The van der Waals surface area contributed by atoms with Gasteiger partial charge >= 0.3 is 0 Å². The number of amides is 1. The number of pyridine rings is 1. The van der Waals surface area contributed by atoms with Crippen LogP contribution in [0.15, 0.2) is 18.3 Å². The highest BCUT2D eigenvalue weighted by atomic mass is 19.3. The molecular formula is C11H12F2N4O. The smallest absolute Gasteiger partial charge is 0.255 e. The average molecular weight is 254 g/mol. The maximum absolute atomic E-state index is 11.9. The Morgan fingerprint density at radius 1 is 1.56 bits per heavy atom. The summed E-state index contributed by atoms with van der Waals surface area (Å²) in [5, 5.41) is 7.14. The predicted octanol–water partition coefficient (Wildman–Crippen LogP) is 1.12. The van der Waals surface area contributed by atoms with Gasteiger partial charge in [0.25, 0.3) is 6.43 Å². The molecule has 1 amide bonds. The van der Waals surface area contributed by atoms with E-state index in [1.54, 1.807) is 19.2 Å². The first-order chi connectivity index (χ1) is 8.58. The van der Waals surface area contributed by atoms with Gasteiger partial charge < -0.3 is 5.32 Å². The van der Waals surface area contributed by atoms with Crippen molar-refractivity contribution in [1.29, 1.82) is 0 Å². The predicted molar refractivity (Wildman–Crippen MR) is 61.3 cm³/mol. The molecule has 2 aromatic heterocycles. The number of carbonyl (C=O) groups excluding carboxylic acids is 1. The van der Waals surface area contributed by atoms with Crippen molar-refractivity contribution in [2.45, 2.75) is 19.9 Å². The fourth-order valence-corrected chi connectivity index (χ4v) is 1.66. The second kappa shape index (κ2) is 5.07. The number of fused-ring (bicyclic) bond motifs is 1. The molecule has 0 saturated heterocycles. The second-order valence-electron chi connectivity index (χ2n) is 3.81. The molecule has 0 aromatic carbocycles. The zero-order valence-corrected chi connectivity index (χ0v) is 9.73. The summed E-state index contributed by atoms with van der Waals surface area (Å²) < 4.78 is 25.3. The van der Waals surface area contributed by atoms with Gasteiger partial charge in [0.15, 0.2) is 5.65 Å². The first-order valence-corrected chi connectivity index (χ1v) is 5.41. The molecule has 2 aromatic rings. The summed E-state index contributed by atoms with van der Waals surface area (Å²) in [6.45, 7) is 1.04. The minimum atomic E-state index is -2.55. The SMILES string of the molecule is Cc1nn(CC(=O)NCC(F)F)c2ncccc12. The van der Waals surface area contributed by atoms with E-state index in [2.05, 4.69) is 15.4 Å². The number of carbonyl (C=O) groups is 1. The van der Waals surface area contributed by atoms with Crippen LogP contribution in [0.25, 0.3) is 11.0 Å². The van der Waals surface area contributed by atoms with E-state index in [9.17, 15) is 13.6 Å². The van der Waals surface area contributed by atoms with Gasteiger partial charge in [-0.05, 0) is 19.1 Å². The van der Waals surface area contributed by atoms with Gasteiger partial charge in [0.2, 0.25) is 5.91 Å². The second-order valence-corrected chi connectivity index (χ2v) is 3.81. The average Bonchev–Trinajstić information content (AvgIpc) is 2.65. The molecule has 0 saturated carbocycles. The fraction of sp³-hybridized carbons (Fsp3) is 0.364. The Hall–Kier alpha value is -2.05. The van der Waals surface area contributed by atoms with E-state index < -0.39 is 18.9 Å². The quantitative estimate of drug-likeness (QED) is 0.889. The number of nitrogens with one attached hydrogen (secondary N) is 1. The Balaban J connectivity index is 2.14. The minimum absolute atomic E-state index is 0.117. The molecule has 0 spiro atoms. The van der Waals surface area contributed by atoms with Crippen LogP contribution in [0, 0.1) is 6.92 Å². The van der Waals surface area contributed by atoms with E-state index in [1.807, 2.05) is 6.07 Å². The van der Waals surface area contributed by atoms with E-state index in [-0.39, 0.29) is 6.54 Å². The third kappa shape index (κ3) is 2.61. The van der Waals surface area contributed by atoms with Gasteiger partial charge in [-0.25, -0.2) is 18.4 Å². The number of aryl methyl sites for hydroxylation is 1. The summed E-state index contributed by atoms with van der Waals surface area (Å²) in [4.78, 5) is 15.6. The van der Waals surface area contributed by atoms with Gasteiger partial charge in [-0.1, -0.05) is 0 Å². The molecule has 0 atom stereocenters. The van der Waals surface area contributed by atoms with Crippen molar-refractivity contribution in [2.75, 3.05) is 6.54 Å². The summed E-state index contributed by atoms with van der Waals surface area (Å²) in [5.74, 6) is -0.509. The summed E-state index contributed by atoms with van der Waals surface area (Å²) in [6.07, 6.45) is -0.958. The summed E-state index contributed by atoms with van der Waals surface area (Å²) in [6, 6.07) is 3.62. The molecule has 7 heteroatoms. The Bertz CT molecular complexity index is 567.